The second kappa shape index (κ2) is 7.39. The molecule has 1 aliphatic heterocycles. The summed E-state index contributed by atoms with van der Waals surface area (Å²) in [6, 6.07) is 6.71. The van der Waals surface area contributed by atoms with Gasteiger partial charge in [0.2, 0.25) is 5.91 Å². The lowest BCUT2D eigenvalue weighted by Gasteiger charge is -2.33. The second-order valence-electron chi connectivity index (χ2n) is 5.53. The highest BCUT2D eigenvalue weighted by Crippen LogP contribution is 2.15. The predicted octanol–water partition coefficient (Wildman–Crippen LogP) is 2.36. The maximum Gasteiger partial charge on any atom is 0.224 e. The van der Waals surface area contributed by atoms with Crippen molar-refractivity contribution in [2.24, 2.45) is 0 Å². The topological polar surface area (TPSA) is 32.3 Å². The molecule has 1 aromatic rings. The molecule has 4 heteroatoms. The first kappa shape index (κ1) is 15.0. The Morgan fingerprint density at radius 2 is 2.10 bits per heavy atom. The Morgan fingerprint density at radius 3 is 2.80 bits per heavy atom. The third-order valence-electron chi connectivity index (χ3n) is 3.94. The summed E-state index contributed by atoms with van der Waals surface area (Å²) in [7, 11) is 0. The van der Waals surface area contributed by atoms with Crippen molar-refractivity contribution in [2.45, 2.75) is 38.6 Å². The summed E-state index contributed by atoms with van der Waals surface area (Å²) < 4.78 is 12.8. The van der Waals surface area contributed by atoms with Gasteiger partial charge in [-0.25, -0.2) is 4.39 Å². The van der Waals surface area contributed by atoms with Gasteiger partial charge in [0.1, 0.15) is 5.82 Å². The van der Waals surface area contributed by atoms with Crippen molar-refractivity contribution in [3.05, 3.63) is 35.6 Å². The smallest absolute Gasteiger partial charge is 0.224 e. The molecule has 1 saturated heterocycles. The molecule has 0 radical (unpaired) electrons. The van der Waals surface area contributed by atoms with Gasteiger partial charge in [-0.3, -0.25) is 9.69 Å². The van der Waals surface area contributed by atoms with Gasteiger partial charge in [-0.15, -0.1) is 0 Å². The van der Waals surface area contributed by atoms with Crippen LogP contribution >= 0.6 is 0 Å². The highest BCUT2D eigenvalue weighted by atomic mass is 19.1. The molecular weight excluding hydrogens is 255 g/mol. The van der Waals surface area contributed by atoms with Gasteiger partial charge >= 0.3 is 0 Å². The maximum atomic E-state index is 12.8. The molecule has 1 fully saturated rings. The maximum absolute atomic E-state index is 12.8. The molecule has 1 heterocycles. The number of rotatable bonds is 5. The lowest BCUT2D eigenvalue weighted by molar-refractivity contribution is -0.120. The molecule has 1 amide bonds. The number of hydrogen-bond acceptors (Lipinski definition) is 2. The van der Waals surface area contributed by atoms with E-state index in [1.165, 1.54) is 31.4 Å². The predicted molar refractivity (Wildman–Crippen MR) is 78.0 cm³/mol. The third kappa shape index (κ3) is 4.60. The summed E-state index contributed by atoms with van der Waals surface area (Å²) in [5.74, 6) is -0.269. The molecule has 0 bridgehead atoms. The largest absolute Gasteiger partial charge is 0.355 e. The van der Waals surface area contributed by atoms with Crippen molar-refractivity contribution >= 4 is 5.91 Å². The molecule has 1 unspecified atom stereocenters. The zero-order chi connectivity index (χ0) is 14.4. The van der Waals surface area contributed by atoms with Crippen molar-refractivity contribution in [1.29, 1.82) is 0 Å². The highest BCUT2D eigenvalue weighted by Gasteiger charge is 2.17. The van der Waals surface area contributed by atoms with Crippen LogP contribution in [0.1, 0.15) is 31.7 Å². The second-order valence-corrected chi connectivity index (χ2v) is 5.53. The minimum absolute atomic E-state index is 0.00118. The molecule has 3 nitrogen and oxygen atoms in total. The van der Waals surface area contributed by atoms with Crippen LogP contribution in [0, 0.1) is 5.82 Å². The number of likely N-dealkylation sites (tertiary alicyclic amines) is 1. The number of amides is 1. The number of halogens is 1. The van der Waals surface area contributed by atoms with Crippen LogP contribution in [0.2, 0.25) is 0 Å². The Kier molecular flexibility index (Phi) is 5.53. The van der Waals surface area contributed by atoms with E-state index in [2.05, 4.69) is 17.1 Å². The van der Waals surface area contributed by atoms with Crippen molar-refractivity contribution in [3.63, 3.8) is 0 Å². The van der Waals surface area contributed by atoms with Gasteiger partial charge in [-0.2, -0.15) is 0 Å². The Bertz CT molecular complexity index is 433. The molecule has 0 aliphatic carbocycles. The van der Waals surface area contributed by atoms with Crippen molar-refractivity contribution in [1.82, 2.24) is 10.2 Å². The van der Waals surface area contributed by atoms with E-state index in [1.807, 2.05) is 0 Å². The van der Waals surface area contributed by atoms with Crippen LogP contribution in [0.15, 0.2) is 24.3 Å². The first-order valence-electron chi connectivity index (χ1n) is 7.40. The van der Waals surface area contributed by atoms with Crippen LogP contribution < -0.4 is 5.32 Å². The fraction of sp³-hybridized carbons (Fsp3) is 0.562. The molecule has 1 N–H and O–H groups in total. The lowest BCUT2D eigenvalue weighted by Crippen LogP contribution is -2.42. The summed E-state index contributed by atoms with van der Waals surface area (Å²) in [6.07, 6.45) is 4.14. The number of nitrogens with zero attached hydrogens (tertiary/aromatic N) is 1. The fourth-order valence-corrected chi connectivity index (χ4v) is 2.68. The highest BCUT2D eigenvalue weighted by molar-refractivity contribution is 5.78. The van der Waals surface area contributed by atoms with Gasteiger partial charge in [-0.05, 0) is 44.0 Å². The van der Waals surface area contributed by atoms with Crippen molar-refractivity contribution < 1.29 is 9.18 Å². The molecule has 1 aromatic carbocycles. The zero-order valence-corrected chi connectivity index (χ0v) is 12.1. The Labute approximate surface area is 120 Å². The molecule has 2 rings (SSSR count). The van der Waals surface area contributed by atoms with Crippen LogP contribution in [0.25, 0.3) is 0 Å². The standard InChI is InChI=1S/C16H23FN2O/c1-13-4-2-3-10-19(13)11-9-18-16(20)12-14-5-7-15(17)8-6-14/h5-8,13H,2-4,9-12H2,1H3,(H,18,20). The average molecular weight is 278 g/mol. The van der Waals surface area contributed by atoms with Crippen LogP contribution in [-0.4, -0.2) is 36.5 Å². The van der Waals surface area contributed by atoms with Crippen LogP contribution in [0.4, 0.5) is 4.39 Å². The molecular formula is C16H23FN2O. The van der Waals surface area contributed by atoms with E-state index in [0.29, 0.717) is 19.0 Å². The van der Waals surface area contributed by atoms with Gasteiger partial charge in [0.05, 0.1) is 6.42 Å². The van der Waals surface area contributed by atoms with Crippen LogP contribution in [0.3, 0.4) is 0 Å². The number of piperidine rings is 1. The summed E-state index contributed by atoms with van der Waals surface area (Å²) in [4.78, 5) is 14.2. The molecule has 20 heavy (non-hydrogen) atoms. The fourth-order valence-electron chi connectivity index (χ4n) is 2.68. The number of carbonyl (C=O) groups is 1. The van der Waals surface area contributed by atoms with Crippen molar-refractivity contribution in [2.75, 3.05) is 19.6 Å². The first-order valence-corrected chi connectivity index (χ1v) is 7.40. The van der Waals surface area contributed by atoms with Crippen molar-refractivity contribution in [3.8, 4) is 0 Å². The van der Waals surface area contributed by atoms with E-state index in [4.69, 9.17) is 0 Å². The molecule has 1 aliphatic rings. The lowest BCUT2D eigenvalue weighted by atomic mass is 10.0. The average Bonchev–Trinajstić information content (AvgIpc) is 2.43. The minimum Gasteiger partial charge on any atom is -0.355 e. The molecule has 0 spiro atoms. The normalized spacial score (nSPS) is 19.8. The van der Waals surface area contributed by atoms with Gasteiger partial charge in [-0.1, -0.05) is 18.6 Å². The summed E-state index contributed by atoms with van der Waals surface area (Å²) in [6.45, 7) is 4.98. The van der Waals surface area contributed by atoms with Crippen LogP contribution in [0.5, 0.6) is 0 Å². The SMILES string of the molecule is CC1CCCCN1CCNC(=O)Cc1ccc(F)cc1. The van der Waals surface area contributed by atoms with E-state index in [-0.39, 0.29) is 11.7 Å². The van der Waals surface area contributed by atoms with E-state index in [0.717, 1.165) is 18.7 Å². The molecule has 0 aromatic heterocycles. The van der Waals surface area contributed by atoms with E-state index in [1.54, 1.807) is 12.1 Å². The monoisotopic (exact) mass is 278 g/mol. The van der Waals surface area contributed by atoms with E-state index < -0.39 is 0 Å². The summed E-state index contributed by atoms with van der Waals surface area (Å²) >= 11 is 0. The van der Waals surface area contributed by atoms with Crippen LogP contribution in [-0.2, 0) is 11.2 Å². The number of carbonyl (C=O) groups excluding carboxylic acids is 1. The Balaban J connectivity index is 1.68. The number of nitrogens with one attached hydrogen (secondary N) is 1. The molecule has 110 valence electrons. The van der Waals surface area contributed by atoms with Gasteiger partial charge < -0.3 is 5.32 Å². The summed E-state index contributed by atoms with van der Waals surface area (Å²) in [5, 5.41) is 2.94. The number of hydrogen-bond donors (Lipinski definition) is 1. The molecule has 1 atom stereocenters. The quantitative estimate of drug-likeness (QED) is 0.896. The van der Waals surface area contributed by atoms with Gasteiger partial charge in [0, 0.05) is 19.1 Å². The summed E-state index contributed by atoms with van der Waals surface area (Å²) in [5.41, 5.74) is 0.843. The minimum atomic E-state index is -0.270. The van der Waals surface area contributed by atoms with E-state index >= 15 is 0 Å². The Hall–Kier alpha value is -1.42. The zero-order valence-electron chi connectivity index (χ0n) is 12.1. The van der Waals surface area contributed by atoms with E-state index in [9.17, 15) is 9.18 Å². The Morgan fingerprint density at radius 1 is 1.35 bits per heavy atom. The molecule has 0 saturated carbocycles. The third-order valence-corrected chi connectivity index (χ3v) is 3.94. The first-order chi connectivity index (χ1) is 9.65. The van der Waals surface area contributed by atoms with Gasteiger partial charge in [0.25, 0.3) is 0 Å². The van der Waals surface area contributed by atoms with Gasteiger partial charge in [0.15, 0.2) is 0 Å². The number of benzene rings is 1.